The predicted molar refractivity (Wildman–Crippen MR) is 188 cm³/mol. The van der Waals surface area contributed by atoms with Crippen molar-refractivity contribution < 1.29 is 23.1 Å². The van der Waals surface area contributed by atoms with Gasteiger partial charge in [0.1, 0.15) is 17.7 Å². The van der Waals surface area contributed by atoms with E-state index in [0.29, 0.717) is 25.2 Å². The maximum Gasteiger partial charge on any atom is 0.387 e. The van der Waals surface area contributed by atoms with Crippen molar-refractivity contribution >= 4 is 17.6 Å². The molecule has 1 unspecified atom stereocenters. The summed E-state index contributed by atoms with van der Waals surface area (Å²) >= 11 is 0. The Labute approximate surface area is 292 Å². The topological polar surface area (TPSA) is 104 Å². The van der Waals surface area contributed by atoms with Crippen molar-refractivity contribution in [2.45, 2.75) is 102 Å². The zero-order chi connectivity index (χ0) is 34.7. The molecule has 1 atom stereocenters. The van der Waals surface area contributed by atoms with Crippen LogP contribution in [-0.2, 0) is 5.54 Å². The number of hydrogen-bond acceptors (Lipinski definition) is 6. The summed E-state index contributed by atoms with van der Waals surface area (Å²) in [5.41, 5.74) is 4.20. The summed E-state index contributed by atoms with van der Waals surface area (Å²) < 4.78 is 32.8. The monoisotopic (exact) mass is 689 g/mol. The first-order chi connectivity index (χ1) is 24.3. The number of carbonyl (C=O) groups is 2. The van der Waals surface area contributed by atoms with Gasteiger partial charge in [-0.05, 0) is 80.6 Å². The predicted octanol–water partition coefficient (Wildman–Crippen LogP) is 7.02. The van der Waals surface area contributed by atoms with Gasteiger partial charge in [0.15, 0.2) is 0 Å². The number of ether oxygens (including phenoxy) is 1. The Morgan fingerprint density at radius 3 is 2.32 bits per heavy atom. The Balaban J connectivity index is 1.11. The van der Waals surface area contributed by atoms with E-state index < -0.39 is 6.61 Å². The zero-order valence-corrected chi connectivity index (χ0v) is 28.9. The number of fused-ring (bicyclic) bond motifs is 2. The van der Waals surface area contributed by atoms with Gasteiger partial charge in [0.25, 0.3) is 5.91 Å². The molecule has 2 saturated heterocycles. The Morgan fingerprint density at radius 2 is 1.68 bits per heavy atom. The molecule has 1 saturated carbocycles. The second-order valence-corrected chi connectivity index (χ2v) is 14.4. The van der Waals surface area contributed by atoms with Gasteiger partial charge in [-0.15, -0.1) is 0 Å². The van der Waals surface area contributed by atoms with Crippen LogP contribution in [0.5, 0.6) is 5.75 Å². The quantitative estimate of drug-likeness (QED) is 0.246. The number of rotatable bonds is 7. The number of nitrogens with zero attached hydrogens (tertiary/aromatic N) is 4. The van der Waals surface area contributed by atoms with E-state index in [1.807, 2.05) is 53.3 Å². The number of aryl methyl sites for hydroxylation is 1. The van der Waals surface area contributed by atoms with Crippen LogP contribution in [-0.4, -0.2) is 76.7 Å². The second kappa shape index (κ2) is 15.0. The van der Waals surface area contributed by atoms with Gasteiger partial charge < -0.3 is 29.7 Å². The lowest BCUT2D eigenvalue weighted by atomic mass is 9.82. The molecule has 1 spiro atoms. The van der Waals surface area contributed by atoms with Crippen molar-refractivity contribution in [3.63, 3.8) is 0 Å². The maximum atomic E-state index is 13.6. The first kappa shape index (κ1) is 34.3. The lowest BCUT2D eigenvalue weighted by Gasteiger charge is -2.45. The van der Waals surface area contributed by atoms with E-state index in [0.717, 1.165) is 79.9 Å². The number of urea groups is 1. The van der Waals surface area contributed by atoms with Gasteiger partial charge in [-0.3, -0.25) is 10.1 Å². The molecule has 3 N–H and O–H groups in total. The molecule has 268 valence electrons. The van der Waals surface area contributed by atoms with Gasteiger partial charge in [0.05, 0.1) is 17.4 Å². The summed E-state index contributed by atoms with van der Waals surface area (Å²) in [7, 11) is 0. The molecule has 2 aromatic carbocycles. The second-order valence-electron chi connectivity index (χ2n) is 14.4. The number of aromatic nitrogens is 2. The Morgan fingerprint density at radius 1 is 0.980 bits per heavy atom. The summed E-state index contributed by atoms with van der Waals surface area (Å²) in [5, 5.41) is 10.3. The SMILES string of the molecule is Cc1cc(NC2NCC3(CCCCCCCCC3)n3c(-c4ccc(OC(F)F)cc4)cnc32)ccc1C(=O)N1CCC(N2CCNC2=O)CC1. The minimum absolute atomic E-state index is 0.00179. The van der Waals surface area contributed by atoms with E-state index in [4.69, 9.17) is 4.98 Å². The minimum atomic E-state index is -2.87. The van der Waals surface area contributed by atoms with Crippen LogP contribution in [0.2, 0.25) is 0 Å². The van der Waals surface area contributed by atoms with Gasteiger partial charge in [0, 0.05) is 55.6 Å². The van der Waals surface area contributed by atoms with Gasteiger partial charge in [-0.1, -0.05) is 44.9 Å². The minimum Gasteiger partial charge on any atom is -0.435 e. The van der Waals surface area contributed by atoms with E-state index in [9.17, 15) is 18.4 Å². The average molecular weight is 690 g/mol. The van der Waals surface area contributed by atoms with E-state index in [1.165, 1.54) is 32.1 Å². The normalized spacial score (nSPS) is 21.6. The highest BCUT2D eigenvalue weighted by molar-refractivity contribution is 5.96. The van der Waals surface area contributed by atoms with E-state index in [1.54, 1.807) is 12.1 Å². The molecule has 10 nitrogen and oxygen atoms in total. The van der Waals surface area contributed by atoms with Crippen molar-refractivity contribution in [3.05, 3.63) is 65.6 Å². The van der Waals surface area contributed by atoms with E-state index in [-0.39, 0.29) is 35.4 Å². The molecular weight excluding hydrogens is 640 g/mol. The molecule has 3 aromatic rings. The Kier molecular flexibility index (Phi) is 10.3. The molecule has 3 aliphatic heterocycles. The lowest BCUT2D eigenvalue weighted by molar-refractivity contribution is -0.0498. The molecule has 12 heteroatoms. The fourth-order valence-electron chi connectivity index (χ4n) is 8.52. The fourth-order valence-corrected chi connectivity index (χ4v) is 8.52. The number of benzene rings is 2. The number of halogens is 2. The van der Waals surface area contributed by atoms with E-state index >= 15 is 0 Å². The van der Waals surface area contributed by atoms with Crippen LogP contribution in [0, 0.1) is 6.92 Å². The first-order valence-electron chi connectivity index (χ1n) is 18.4. The number of anilines is 1. The van der Waals surface area contributed by atoms with Crippen LogP contribution in [0.25, 0.3) is 11.3 Å². The third-order valence-corrected chi connectivity index (χ3v) is 11.2. The van der Waals surface area contributed by atoms with Gasteiger partial charge in [0.2, 0.25) is 0 Å². The number of hydrogen-bond donors (Lipinski definition) is 3. The highest BCUT2D eigenvalue weighted by Crippen LogP contribution is 2.42. The van der Waals surface area contributed by atoms with Crippen LogP contribution >= 0.6 is 0 Å². The fraction of sp³-hybridized carbons (Fsp3) is 0.553. The summed E-state index contributed by atoms with van der Waals surface area (Å²) in [6.45, 7) is 2.57. The number of nitrogens with one attached hydrogen (secondary N) is 3. The molecule has 50 heavy (non-hydrogen) atoms. The van der Waals surface area contributed by atoms with Crippen LogP contribution < -0.4 is 20.7 Å². The number of alkyl halides is 2. The van der Waals surface area contributed by atoms with E-state index in [2.05, 4.69) is 25.3 Å². The van der Waals surface area contributed by atoms with Crippen molar-refractivity contribution in [2.24, 2.45) is 0 Å². The number of imidazole rings is 1. The summed E-state index contributed by atoms with van der Waals surface area (Å²) in [5.74, 6) is 1.05. The third kappa shape index (κ3) is 7.17. The highest BCUT2D eigenvalue weighted by atomic mass is 19.3. The molecule has 1 aromatic heterocycles. The van der Waals surface area contributed by atoms with Crippen LogP contribution in [0.1, 0.15) is 98.5 Å². The van der Waals surface area contributed by atoms with Crippen molar-refractivity contribution in [1.29, 1.82) is 0 Å². The van der Waals surface area contributed by atoms with Gasteiger partial charge in [-0.25, -0.2) is 9.78 Å². The summed E-state index contributed by atoms with van der Waals surface area (Å²) in [6, 6.07) is 13.0. The summed E-state index contributed by atoms with van der Waals surface area (Å²) in [6.07, 6.45) is 13.8. The average Bonchev–Trinajstić information content (AvgIpc) is 3.77. The number of amides is 3. The van der Waals surface area contributed by atoms with Crippen molar-refractivity contribution in [1.82, 2.24) is 30.0 Å². The highest BCUT2D eigenvalue weighted by Gasteiger charge is 2.41. The summed E-state index contributed by atoms with van der Waals surface area (Å²) in [4.78, 5) is 34.5. The maximum absolute atomic E-state index is 13.6. The molecule has 7 rings (SSSR count). The molecule has 0 radical (unpaired) electrons. The number of piperidine rings is 1. The van der Waals surface area contributed by atoms with Gasteiger partial charge in [-0.2, -0.15) is 8.78 Å². The molecular formula is C38H49F2N7O3. The molecule has 4 heterocycles. The Bertz CT molecular complexity index is 1640. The Hall–Kier alpha value is -4.19. The zero-order valence-electron chi connectivity index (χ0n) is 28.9. The lowest BCUT2D eigenvalue weighted by Crippen LogP contribution is -2.52. The molecule has 3 amide bonds. The van der Waals surface area contributed by atoms with Crippen LogP contribution in [0.15, 0.2) is 48.7 Å². The number of likely N-dealkylation sites (tertiary alicyclic amines) is 1. The molecule has 1 aliphatic carbocycles. The van der Waals surface area contributed by atoms with Crippen LogP contribution in [0.4, 0.5) is 19.3 Å². The van der Waals surface area contributed by atoms with Crippen LogP contribution in [0.3, 0.4) is 0 Å². The largest absolute Gasteiger partial charge is 0.435 e. The molecule has 3 fully saturated rings. The molecule has 0 bridgehead atoms. The van der Waals surface area contributed by atoms with Gasteiger partial charge >= 0.3 is 12.6 Å². The first-order valence-corrected chi connectivity index (χ1v) is 18.4. The third-order valence-electron chi connectivity index (χ3n) is 11.2. The standard InChI is InChI=1S/C38H49F2N7O3/c1-26-23-28(11-14-31(26)35(48)45-20-15-29(16-21-45)46-22-19-41-37(46)49)44-33-34-42-24-32(27-9-12-30(13-10-27)50-36(39)40)47(34)38(25-43-33)17-7-5-3-2-4-6-8-18-38/h9-14,23-24,29,33,36,43-44H,2-8,15-22,25H2,1H3,(H,41,49). The van der Waals surface area contributed by atoms with Crippen molar-refractivity contribution in [2.75, 3.05) is 38.0 Å². The smallest absolute Gasteiger partial charge is 0.387 e. The number of carbonyl (C=O) groups excluding carboxylic acids is 2. The van der Waals surface area contributed by atoms with Crippen molar-refractivity contribution in [3.8, 4) is 17.0 Å². The molecule has 4 aliphatic rings.